The van der Waals surface area contributed by atoms with Crippen LogP contribution < -0.4 is 5.73 Å². The number of carbonyl (C=O) groups is 1. The molecule has 60 valence electrons. The van der Waals surface area contributed by atoms with Crippen LogP contribution in [0.3, 0.4) is 0 Å². The average molecular weight is 149 g/mol. The van der Waals surface area contributed by atoms with Gasteiger partial charge in [0, 0.05) is 0 Å². The van der Waals surface area contributed by atoms with Crippen LogP contribution in [0.5, 0.6) is 0 Å². The Morgan fingerprint density at radius 3 is 2.30 bits per heavy atom. The first-order chi connectivity index (χ1) is 4.63. The van der Waals surface area contributed by atoms with Gasteiger partial charge < -0.3 is 21.1 Å². The largest absolute Gasteiger partial charge is 0.394 e. The number of hydrogen-bond donors (Lipinski definition) is 4. The van der Waals surface area contributed by atoms with E-state index in [1.54, 1.807) is 0 Å². The number of carbonyl (C=O) groups excluding carboxylic acids is 1. The highest BCUT2D eigenvalue weighted by Crippen LogP contribution is 1.92. The van der Waals surface area contributed by atoms with Crippen LogP contribution in [-0.4, -0.2) is 46.5 Å². The normalized spacial score (nSPS) is 16.4. The van der Waals surface area contributed by atoms with E-state index in [-0.39, 0.29) is 6.54 Å². The van der Waals surface area contributed by atoms with E-state index >= 15 is 0 Å². The number of aliphatic hydroxyl groups excluding tert-OH is 3. The predicted octanol–water partition coefficient (Wildman–Crippen LogP) is -2.77. The molecule has 0 saturated heterocycles. The van der Waals surface area contributed by atoms with E-state index in [1.165, 1.54) is 0 Å². The summed E-state index contributed by atoms with van der Waals surface area (Å²) in [6.45, 7) is -0.981. The van der Waals surface area contributed by atoms with Crippen LogP contribution in [0.2, 0.25) is 0 Å². The summed E-state index contributed by atoms with van der Waals surface area (Å²) < 4.78 is 0. The molecule has 1 unspecified atom stereocenters. The molecule has 2 atom stereocenters. The lowest BCUT2D eigenvalue weighted by Crippen LogP contribution is -2.39. The van der Waals surface area contributed by atoms with Crippen LogP contribution in [-0.2, 0) is 4.79 Å². The highest BCUT2D eigenvalue weighted by atomic mass is 16.4. The number of hydrogen-bond acceptors (Lipinski definition) is 5. The first-order valence-electron chi connectivity index (χ1n) is 2.83. The zero-order valence-corrected chi connectivity index (χ0v) is 5.40. The van der Waals surface area contributed by atoms with E-state index in [2.05, 4.69) is 0 Å². The summed E-state index contributed by atoms with van der Waals surface area (Å²) in [7, 11) is 0. The van der Waals surface area contributed by atoms with E-state index in [0.717, 1.165) is 0 Å². The fraction of sp³-hybridized carbons (Fsp3) is 0.800. The third-order valence-corrected chi connectivity index (χ3v) is 1.08. The summed E-state index contributed by atoms with van der Waals surface area (Å²) in [5.74, 6) is -0.679. The second-order valence-electron chi connectivity index (χ2n) is 1.87. The summed E-state index contributed by atoms with van der Waals surface area (Å²) in [6.07, 6.45) is -2.98. The Bertz CT molecular complexity index is 116. The molecule has 0 amide bonds. The zero-order valence-electron chi connectivity index (χ0n) is 5.40. The maximum atomic E-state index is 10.5. The predicted molar refractivity (Wildman–Crippen MR) is 33.2 cm³/mol. The van der Waals surface area contributed by atoms with Crippen molar-refractivity contribution in [2.45, 2.75) is 12.2 Å². The molecule has 0 aromatic rings. The maximum Gasteiger partial charge on any atom is 0.177 e. The molecule has 5 nitrogen and oxygen atoms in total. The minimum Gasteiger partial charge on any atom is -0.394 e. The van der Waals surface area contributed by atoms with E-state index in [0.29, 0.717) is 0 Å². The topological polar surface area (TPSA) is 104 Å². The Kier molecular flexibility index (Phi) is 4.13. The van der Waals surface area contributed by atoms with Gasteiger partial charge in [0.25, 0.3) is 0 Å². The van der Waals surface area contributed by atoms with Gasteiger partial charge in [-0.1, -0.05) is 0 Å². The summed E-state index contributed by atoms with van der Waals surface area (Å²) in [5, 5.41) is 25.6. The minimum atomic E-state index is -1.56. The number of ketones is 1. The van der Waals surface area contributed by atoms with Crippen molar-refractivity contribution in [2.24, 2.45) is 5.73 Å². The van der Waals surface area contributed by atoms with E-state index in [1.807, 2.05) is 0 Å². The Morgan fingerprint density at radius 2 is 2.00 bits per heavy atom. The monoisotopic (exact) mass is 149 g/mol. The number of Topliss-reactive ketones (excluding diaryl/α,β-unsaturated/α-hetero) is 1. The van der Waals surface area contributed by atoms with Crippen molar-refractivity contribution in [1.82, 2.24) is 0 Å². The first-order valence-corrected chi connectivity index (χ1v) is 2.83. The molecule has 0 aliphatic rings. The third kappa shape index (κ3) is 2.40. The van der Waals surface area contributed by atoms with Crippen LogP contribution in [0.4, 0.5) is 0 Å². The quantitative estimate of drug-likeness (QED) is 0.346. The molecule has 5 N–H and O–H groups in total. The van der Waals surface area contributed by atoms with Crippen LogP contribution in [0.15, 0.2) is 0 Å². The molecule has 0 rings (SSSR count). The lowest BCUT2D eigenvalue weighted by molar-refractivity contribution is -0.133. The summed E-state index contributed by atoms with van der Waals surface area (Å²) in [4.78, 5) is 10.5. The zero-order chi connectivity index (χ0) is 8.15. The molecule has 0 aromatic heterocycles. The minimum absolute atomic E-state index is 0.335. The molecule has 0 saturated carbocycles. The van der Waals surface area contributed by atoms with Gasteiger partial charge in [0.2, 0.25) is 0 Å². The highest BCUT2D eigenvalue weighted by Gasteiger charge is 2.21. The molecular formula is C5H11NO4. The van der Waals surface area contributed by atoms with Crippen molar-refractivity contribution >= 4 is 5.78 Å². The van der Waals surface area contributed by atoms with Crippen molar-refractivity contribution in [3.8, 4) is 0 Å². The molecule has 0 spiro atoms. The Morgan fingerprint density at radius 1 is 1.50 bits per heavy atom. The Hall–Kier alpha value is -0.490. The Balaban J connectivity index is 3.81. The SMILES string of the molecule is NCC(=O)C(O)[C@@H](O)CO. The summed E-state index contributed by atoms with van der Waals surface area (Å²) in [5.41, 5.74) is 4.86. The van der Waals surface area contributed by atoms with Crippen molar-refractivity contribution < 1.29 is 20.1 Å². The van der Waals surface area contributed by atoms with Crippen molar-refractivity contribution in [2.75, 3.05) is 13.2 Å². The fourth-order valence-corrected chi connectivity index (χ4v) is 0.435. The van der Waals surface area contributed by atoms with Crippen molar-refractivity contribution in [3.05, 3.63) is 0 Å². The van der Waals surface area contributed by atoms with Gasteiger partial charge in [-0.15, -0.1) is 0 Å². The van der Waals surface area contributed by atoms with Gasteiger partial charge in [-0.25, -0.2) is 0 Å². The average Bonchev–Trinajstić information content (AvgIpc) is 2.00. The molecule has 0 aliphatic heterocycles. The van der Waals surface area contributed by atoms with Gasteiger partial charge in [-0.3, -0.25) is 4.79 Å². The molecule has 0 aromatic carbocycles. The van der Waals surface area contributed by atoms with Crippen LogP contribution in [0, 0.1) is 0 Å². The van der Waals surface area contributed by atoms with Gasteiger partial charge >= 0.3 is 0 Å². The molecular weight excluding hydrogens is 138 g/mol. The smallest absolute Gasteiger partial charge is 0.177 e. The maximum absolute atomic E-state index is 10.5. The highest BCUT2D eigenvalue weighted by molar-refractivity contribution is 5.85. The van der Waals surface area contributed by atoms with E-state index in [4.69, 9.17) is 21.1 Å². The molecule has 0 fully saturated rings. The van der Waals surface area contributed by atoms with Gasteiger partial charge in [0.05, 0.1) is 13.2 Å². The molecule has 10 heavy (non-hydrogen) atoms. The van der Waals surface area contributed by atoms with E-state index < -0.39 is 24.6 Å². The number of nitrogens with two attached hydrogens (primary N) is 1. The number of rotatable bonds is 4. The molecule has 0 bridgehead atoms. The molecule has 0 radical (unpaired) electrons. The first kappa shape index (κ1) is 9.51. The second kappa shape index (κ2) is 4.35. The fourth-order valence-electron chi connectivity index (χ4n) is 0.435. The van der Waals surface area contributed by atoms with Gasteiger partial charge in [-0.2, -0.15) is 0 Å². The van der Waals surface area contributed by atoms with Crippen molar-refractivity contribution in [1.29, 1.82) is 0 Å². The number of aliphatic hydroxyl groups is 3. The standard InChI is InChI=1S/C5H11NO4/c6-1-3(8)5(10)4(9)2-7/h4-5,7,9-10H,1-2,6H2/t4-,5?/m0/s1. The lowest BCUT2D eigenvalue weighted by atomic mass is 10.1. The second-order valence-corrected chi connectivity index (χ2v) is 1.87. The van der Waals surface area contributed by atoms with Gasteiger partial charge in [-0.05, 0) is 0 Å². The van der Waals surface area contributed by atoms with Gasteiger partial charge in [0.15, 0.2) is 5.78 Å². The lowest BCUT2D eigenvalue weighted by Gasteiger charge is -2.12. The van der Waals surface area contributed by atoms with Crippen LogP contribution in [0.1, 0.15) is 0 Å². The van der Waals surface area contributed by atoms with Crippen LogP contribution in [0.25, 0.3) is 0 Å². The molecule has 0 heterocycles. The van der Waals surface area contributed by atoms with Crippen LogP contribution >= 0.6 is 0 Å². The van der Waals surface area contributed by atoms with E-state index in [9.17, 15) is 4.79 Å². The van der Waals surface area contributed by atoms with Crippen molar-refractivity contribution in [3.63, 3.8) is 0 Å². The van der Waals surface area contributed by atoms with Gasteiger partial charge in [0.1, 0.15) is 12.2 Å². The summed E-state index contributed by atoms with van der Waals surface area (Å²) in [6, 6.07) is 0. The molecule has 0 aliphatic carbocycles. The third-order valence-electron chi connectivity index (χ3n) is 1.08. The summed E-state index contributed by atoms with van der Waals surface area (Å²) >= 11 is 0. The molecule has 5 heteroatoms. The Labute approximate surface area is 58.1 Å².